The van der Waals surface area contributed by atoms with Crippen molar-refractivity contribution in [1.29, 1.82) is 0 Å². The largest absolute Gasteiger partial charge is 0.328 e. The molecule has 9 heteroatoms. The van der Waals surface area contributed by atoms with Crippen LogP contribution in [-0.2, 0) is 14.8 Å². The van der Waals surface area contributed by atoms with E-state index in [2.05, 4.69) is 10.0 Å². The van der Waals surface area contributed by atoms with E-state index in [9.17, 15) is 22.0 Å². The number of hydrogen-bond acceptors (Lipinski definition) is 4. The molecule has 4 N–H and O–H groups in total. The van der Waals surface area contributed by atoms with Crippen molar-refractivity contribution in [2.24, 2.45) is 11.7 Å². The van der Waals surface area contributed by atoms with Crippen LogP contribution in [0.15, 0.2) is 47.4 Å². The zero-order chi connectivity index (χ0) is 19.6. The van der Waals surface area contributed by atoms with E-state index < -0.39 is 21.7 Å². The summed E-state index contributed by atoms with van der Waals surface area (Å²) < 4.78 is 53.3. The molecule has 1 amide bonds. The minimum absolute atomic E-state index is 0.0335. The molecule has 0 spiro atoms. The van der Waals surface area contributed by atoms with Gasteiger partial charge in [-0.25, -0.2) is 17.2 Å². The summed E-state index contributed by atoms with van der Waals surface area (Å²) in [5.41, 5.74) is 5.90. The van der Waals surface area contributed by atoms with E-state index in [1.807, 2.05) is 0 Å². The number of halogens is 2. The van der Waals surface area contributed by atoms with Crippen LogP contribution in [0.3, 0.4) is 0 Å². The number of benzene rings is 2. The van der Waals surface area contributed by atoms with E-state index in [0.717, 1.165) is 25.0 Å². The summed E-state index contributed by atoms with van der Waals surface area (Å²) in [6, 6.07) is 8.05. The van der Waals surface area contributed by atoms with Crippen molar-refractivity contribution in [3.63, 3.8) is 0 Å². The smallest absolute Gasteiger partial charge is 0.261 e. The molecule has 2 aromatic carbocycles. The Morgan fingerprint density at radius 3 is 2.37 bits per heavy atom. The maximum absolute atomic E-state index is 13.7. The van der Waals surface area contributed by atoms with Crippen LogP contribution in [-0.4, -0.2) is 20.4 Å². The number of amides is 1. The molecule has 2 unspecified atom stereocenters. The van der Waals surface area contributed by atoms with Crippen molar-refractivity contribution >= 4 is 27.3 Å². The highest BCUT2D eigenvalue weighted by Crippen LogP contribution is 2.26. The molecule has 0 aliphatic heterocycles. The topological polar surface area (TPSA) is 101 Å². The van der Waals surface area contributed by atoms with Gasteiger partial charge < -0.3 is 11.1 Å². The lowest BCUT2D eigenvalue weighted by atomic mass is 10.1. The summed E-state index contributed by atoms with van der Waals surface area (Å²) in [5.74, 6) is -2.12. The molecule has 2 atom stereocenters. The van der Waals surface area contributed by atoms with Crippen LogP contribution in [0, 0.1) is 17.6 Å². The summed E-state index contributed by atoms with van der Waals surface area (Å²) in [7, 11) is -4.06. The van der Waals surface area contributed by atoms with Crippen molar-refractivity contribution in [2.75, 3.05) is 10.0 Å². The van der Waals surface area contributed by atoms with Gasteiger partial charge >= 0.3 is 0 Å². The van der Waals surface area contributed by atoms with E-state index in [1.54, 1.807) is 0 Å². The predicted molar refractivity (Wildman–Crippen MR) is 97.6 cm³/mol. The maximum Gasteiger partial charge on any atom is 0.261 e. The van der Waals surface area contributed by atoms with Gasteiger partial charge in [0.1, 0.15) is 11.6 Å². The molecule has 1 saturated carbocycles. The van der Waals surface area contributed by atoms with Gasteiger partial charge in [-0.1, -0.05) is 0 Å². The Balaban J connectivity index is 1.69. The lowest BCUT2D eigenvalue weighted by Gasteiger charge is -2.12. The van der Waals surface area contributed by atoms with E-state index >= 15 is 0 Å². The molecule has 0 saturated heterocycles. The number of carbonyl (C=O) groups excluding carboxylic acids is 1. The minimum Gasteiger partial charge on any atom is -0.328 e. The molecule has 0 bridgehead atoms. The molecule has 1 fully saturated rings. The van der Waals surface area contributed by atoms with Gasteiger partial charge in [0.15, 0.2) is 0 Å². The predicted octanol–water partition coefficient (Wildman–Crippen LogP) is 2.83. The van der Waals surface area contributed by atoms with Crippen molar-refractivity contribution in [1.82, 2.24) is 0 Å². The second-order valence-electron chi connectivity index (χ2n) is 6.51. The molecular formula is C18H19F2N3O3S. The molecule has 144 valence electrons. The Kier molecular flexibility index (Phi) is 5.43. The third-order valence-electron chi connectivity index (χ3n) is 4.45. The van der Waals surface area contributed by atoms with Crippen molar-refractivity contribution in [3.05, 3.63) is 54.1 Å². The number of nitrogens with two attached hydrogens (primary N) is 1. The number of anilines is 2. The third kappa shape index (κ3) is 4.61. The van der Waals surface area contributed by atoms with Gasteiger partial charge in [0.05, 0.1) is 10.6 Å². The monoisotopic (exact) mass is 395 g/mol. The van der Waals surface area contributed by atoms with Crippen LogP contribution in [0.4, 0.5) is 20.2 Å². The average molecular weight is 395 g/mol. The van der Waals surface area contributed by atoms with Crippen molar-refractivity contribution < 1.29 is 22.0 Å². The van der Waals surface area contributed by atoms with Crippen LogP contribution in [0.1, 0.15) is 19.3 Å². The van der Waals surface area contributed by atoms with Gasteiger partial charge in [-0.05, 0) is 55.7 Å². The highest BCUT2D eigenvalue weighted by Gasteiger charge is 2.27. The van der Waals surface area contributed by atoms with E-state index in [4.69, 9.17) is 5.73 Å². The van der Waals surface area contributed by atoms with Gasteiger partial charge in [0.2, 0.25) is 5.91 Å². The van der Waals surface area contributed by atoms with Crippen LogP contribution < -0.4 is 15.8 Å². The van der Waals surface area contributed by atoms with Crippen LogP contribution >= 0.6 is 0 Å². The van der Waals surface area contributed by atoms with Crippen molar-refractivity contribution in [2.45, 2.75) is 30.2 Å². The number of carbonyl (C=O) groups is 1. The molecular weight excluding hydrogens is 376 g/mol. The zero-order valence-corrected chi connectivity index (χ0v) is 15.1. The molecule has 3 rings (SSSR count). The standard InChI is InChI=1S/C18H19F2N3O3S/c19-12-2-8-17(16(20)10-12)23-27(25,26)15-6-4-14(5-7-15)22-18(24)11-1-3-13(21)9-11/h2,4-8,10-11,13,23H,1,3,9,21H2,(H,22,24). The molecule has 1 aliphatic rings. The quantitative estimate of drug-likeness (QED) is 0.725. The second kappa shape index (κ2) is 7.61. The van der Waals surface area contributed by atoms with Crippen LogP contribution in [0.25, 0.3) is 0 Å². The highest BCUT2D eigenvalue weighted by atomic mass is 32.2. The third-order valence-corrected chi connectivity index (χ3v) is 5.83. The zero-order valence-electron chi connectivity index (χ0n) is 14.3. The highest BCUT2D eigenvalue weighted by molar-refractivity contribution is 7.92. The van der Waals surface area contributed by atoms with Gasteiger partial charge in [0, 0.05) is 23.7 Å². The van der Waals surface area contributed by atoms with Crippen LogP contribution in [0.2, 0.25) is 0 Å². The first-order chi connectivity index (χ1) is 12.7. The Hall–Kier alpha value is -2.52. The normalized spacial score (nSPS) is 19.7. The first-order valence-corrected chi connectivity index (χ1v) is 9.87. The van der Waals surface area contributed by atoms with Gasteiger partial charge in [-0.3, -0.25) is 9.52 Å². The molecule has 0 radical (unpaired) electrons. The summed E-state index contributed by atoms with van der Waals surface area (Å²) in [5, 5.41) is 2.74. The average Bonchev–Trinajstić information content (AvgIpc) is 3.04. The lowest BCUT2D eigenvalue weighted by molar-refractivity contribution is -0.119. The molecule has 27 heavy (non-hydrogen) atoms. The molecule has 6 nitrogen and oxygen atoms in total. The number of hydrogen-bond donors (Lipinski definition) is 3. The van der Waals surface area contributed by atoms with E-state index in [0.29, 0.717) is 18.2 Å². The van der Waals surface area contributed by atoms with Gasteiger partial charge in [-0.15, -0.1) is 0 Å². The summed E-state index contributed by atoms with van der Waals surface area (Å²) >= 11 is 0. The molecule has 0 aromatic heterocycles. The fraction of sp³-hybridized carbons (Fsp3) is 0.278. The van der Waals surface area contributed by atoms with Crippen LogP contribution in [0.5, 0.6) is 0 Å². The SMILES string of the molecule is NC1CCC(C(=O)Nc2ccc(S(=O)(=O)Nc3ccc(F)cc3F)cc2)C1. The summed E-state index contributed by atoms with van der Waals surface area (Å²) in [6.45, 7) is 0. The molecule has 0 heterocycles. The fourth-order valence-electron chi connectivity index (χ4n) is 2.99. The van der Waals surface area contributed by atoms with Crippen molar-refractivity contribution in [3.8, 4) is 0 Å². The Morgan fingerprint density at radius 2 is 1.78 bits per heavy atom. The van der Waals surface area contributed by atoms with E-state index in [1.165, 1.54) is 24.3 Å². The number of sulfonamides is 1. The van der Waals surface area contributed by atoms with E-state index in [-0.39, 0.29) is 28.4 Å². The summed E-state index contributed by atoms with van der Waals surface area (Å²) in [6.07, 6.45) is 2.17. The number of rotatable bonds is 5. The first kappa shape index (κ1) is 19.2. The Bertz CT molecular complexity index is 949. The fourth-order valence-corrected chi connectivity index (χ4v) is 4.06. The Morgan fingerprint density at radius 1 is 1.07 bits per heavy atom. The Labute approximate surface area is 155 Å². The van der Waals surface area contributed by atoms with Gasteiger partial charge in [-0.2, -0.15) is 0 Å². The number of nitrogens with one attached hydrogen (secondary N) is 2. The first-order valence-electron chi connectivity index (χ1n) is 8.39. The second-order valence-corrected chi connectivity index (χ2v) is 8.20. The molecule has 1 aliphatic carbocycles. The maximum atomic E-state index is 13.7. The molecule has 2 aromatic rings. The summed E-state index contributed by atoms with van der Waals surface area (Å²) in [4.78, 5) is 12.1. The lowest BCUT2D eigenvalue weighted by Crippen LogP contribution is -2.23. The van der Waals surface area contributed by atoms with Gasteiger partial charge in [0.25, 0.3) is 10.0 Å². The minimum atomic E-state index is -4.06.